The van der Waals surface area contributed by atoms with E-state index < -0.39 is 5.97 Å². The number of carbonyl (C=O) groups is 1. The maximum absolute atomic E-state index is 13.2. The van der Waals surface area contributed by atoms with Crippen LogP contribution in [0.5, 0.6) is 11.5 Å². The average molecular weight is 408 g/mol. The third-order valence-electron chi connectivity index (χ3n) is 5.73. The normalized spacial score (nSPS) is 17.7. The van der Waals surface area contributed by atoms with Gasteiger partial charge in [0.15, 0.2) is 5.43 Å². The van der Waals surface area contributed by atoms with Gasteiger partial charge in [-0.3, -0.25) is 4.79 Å². The molecule has 1 saturated carbocycles. The molecule has 1 fully saturated rings. The highest BCUT2D eigenvalue weighted by Gasteiger charge is 2.44. The molecule has 0 radical (unpaired) electrons. The summed E-state index contributed by atoms with van der Waals surface area (Å²) in [5.41, 5.74) is 2.08. The molecule has 0 spiro atoms. The second kappa shape index (κ2) is 7.86. The molecule has 1 N–H and O–H groups in total. The van der Waals surface area contributed by atoms with Crippen LogP contribution in [-0.4, -0.2) is 25.3 Å². The molecular weight excluding hydrogens is 384 g/mol. The quantitative estimate of drug-likeness (QED) is 0.608. The van der Waals surface area contributed by atoms with E-state index in [9.17, 15) is 14.7 Å². The van der Waals surface area contributed by atoms with Gasteiger partial charge in [0.05, 0.1) is 25.2 Å². The first-order chi connectivity index (χ1) is 14.5. The van der Waals surface area contributed by atoms with Crippen molar-refractivity contribution in [3.63, 3.8) is 0 Å². The lowest BCUT2D eigenvalue weighted by atomic mass is 10.00. The van der Waals surface area contributed by atoms with Gasteiger partial charge in [-0.1, -0.05) is 19.4 Å². The molecule has 6 heteroatoms. The predicted molar refractivity (Wildman–Crippen MR) is 113 cm³/mol. The predicted octanol–water partition coefficient (Wildman–Crippen LogP) is 4.73. The van der Waals surface area contributed by atoms with Crippen LogP contribution in [0.15, 0.2) is 45.6 Å². The van der Waals surface area contributed by atoms with Crippen LogP contribution in [0.25, 0.3) is 11.0 Å². The number of carboxylic acid groups (broad SMARTS) is 1. The molecule has 3 aromatic rings. The monoisotopic (exact) mass is 408 g/mol. The molecule has 0 aliphatic heterocycles. The summed E-state index contributed by atoms with van der Waals surface area (Å²) in [5.74, 6) is 1.41. The number of carboxylic acids is 1. The number of rotatable bonds is 7. The highest BCUT2D eigenvalue weighted by atomic mass is 16.5. The Bertz CT molecular complexity index is 1180. The lowest BCUT2D eigenvalue weighted by molar-refractivity contribution is 0.0697. The SMILES string of the molecule is CCCc1c(C2CC2c2ccc(OC)cc2OC)oc2ccc(C(=O)O)cc2c1=O. The molecule has 2 aromatic carbocycles. The Morgan fingerprint density at radius 1 is 1.13 bits per heavy atom. The largest absolute Gasteiger partial charge is 0.497 e. The summed E-state index contributed by atoms with van der Waals surface area (Å²) in [7, 11) is 3.25. The highest BCUT2D eigenvalue weighted by molar-refractivity contribution is 5.92. The molecule has 1 aliphatic rings. The standard InChI is InChI=1S/C24H24O6/c1-4-5-16-22(25)19-10-13(24(26)27)6-9-20(19)30-23(16)18-12-17(18)15-8-7-14(28-2)11-21(15)29-3/h6-11,17-18H,4-5,12H2,1-3H3,(H,26,27). The van der Waals surface area contributed by atoms with E-state index in [2.05, 4.69) is 0 Å². The van der Waals surface area contributed by atoms with E-state index >= 15 is 0 Å². The summed E-state index contributed by atoms with van der Waals surface area (Å²) in [6, 6.07) is 10.2. The smallest absolute Gasteiger partial charge is 0.335 e. The second-order valence-corrected chi connectivity index (χ2v) is 7.60. The van der Waals surface area contributed by atoms with E-state index in [1.165, 1.54) is 12.1 Å². The third-order valence-corrected chi connectivity index (χ3v) is 5.73. The number of hydrogen-bond acceptors (Lipinski definition) is 5. The van der Waals surface area contributed by atoms with Crippen LogP contribution < -0.4 is 14.9 Å². The molecule has 1 aromatic heterocycles. The van der Waals surface area contributed by atoms with Crippen molar-refractivity contribution in [2.75, 3.05) is 14.2 Å². The average Bonchev–Trinajstić information content (AvgIpc) is 3.55. The topological polar surface area (TPSA) is 86.0 Å². The van der Waals surface area contributed by atoms with Gasteiger partial charge in [0, 0.05) is 17.5 Å². The maximum atomic E-state index is 13.2. The molecule has 1 aliphatic carbocycles. The Balaban J connectivity index is 1.78. The summed E-state index contributed by atoms with van der Waals surface area (Å²) < 4.78 is 17.0. The van der Waals surface area contributed by atoms with Crippen LogP contribution >= 0.6 is 0 Å². The van der Waals surface area contributed by atoms with Gasteiger partial charge in [-0.15, -0.1) is 0 Å². The molecule has 2 atom stereocenters. The van der Waals surface area contributed by atoms with E-state index in [1.54, 1.807) is 20.3 Å². The van der Waals surface area contributed by atoms with Gasteiger partial charge in [-0.2, -0.15) is 0 Å². The molecule has 0 bridgehead atoms. The first kappa shape index (κ1) is 20.0. The van der Waals surface area contributed by atoms with Gasteiger partial charge in [0.1, 0.15) is 22.8 Å². The molecule has 0 amide bonds. The Labute approximate surface area is 174 Å². The number of methoxy groups -OCH3 is 2. The van der Waals surface area contributed by atoms with Gasteiger partial charge >= 0.3 is 5.97 Å². The van der Waals surface area contributed by atoms with Crippen molar-refractivity contribution in [3.05, 3.63) is 69.1 Å². The van der Waals surface area contributed by atoms with Gasteiger partial charge in [-0.05, 0) is 48.6 Å². The van der Waals surface area contributed by atoms with Gasteiger partial charge in [0.25, 0.3) is 0 Å². The van der Waals surface area contributed by atoms with Crippen molar-refractivity contribution in [1.82, 2.24) is 0 Å². The summed E-state index contributed by atoms with van der Waals surface area (Å²) >= 11 is 0. The molecule has 30 heavy (non-hydrogen) atoms. The molecule has 6 nitrogen and oxygen atoms in total. The second-order valence-electron chi connectivity index (χ2n) is 7.60. The molecular formula is C24H24O6. The first-order valence-electron chi connectivity index (χ1n) is 10.0. The van der Waals surface area contributed by atoms with Crippen LogP contribution in [0.4, 0.5) is 0 Å². The highest BCUT2D eigenvalue weighted by Crippen LogP contribution is 2.57. The first-order valence-corrected chi connectivity index (χ1v) is 10.0. The van der Waals surface area contributed by atoms with E-state index in [4.69, 9.17) is 13.9 Å². The van der Waals surface area contributed by atoms with Crippen molar-refractivity contribution in [2.45, 2.75) is 38.0 Å². The summed E-state index contributed by atoms with van der Waals surface area (Å²) in [4.78, 5) is 24.5. The zero-order chi connectivity index (χ0) is 21.4. The minimum Gasteiger partial charge on any atom is -0.497 e. The number of fused-ring (bicyclic) bond motifs is 1. The summed E-state index contributed by atoms with van der Waals surface area (Å²) in [5, 5.41) is 9.58. The molecule has 1 heterocycles. The maximum Gasteiger partial charge on any atom is 0.335 e. The number of aromatic carboxylic acids is 1. The molecule has 0 saturated heterocycles. The number of ether oxygens (including phenoxy) is 2. The Morgan fingerprint density at radius 3 is 2.60 bits per heavy atom. The van der Waals surface area contributed by atoms with Gasteiger partial charge in [0.2, 0.25) is 0 Å². The van der Waals surface area contributed by atoms with Crippen molar-refractivity contribution in [2.24, 2.45) is 0 Å². The van der Waals surface area contributed by atoms with Crippen molar-refractivity contribution >= 4 is 16.9 Å². The van der Waals surface area contributed by atoms with Crippen LogP contribution in [0, 0.1) is 0 Å². The van der Waals surface area contributed by atoms with Crippen LogP contribution in [-0.2, 0) is 6.42 Å². The fourth-order valence-corrected chi connectivity index (χ4v) is 4.12. The minimum absolute atomic E-state index is 0.0808. The van der Waals surface area contributed by atoms with Crippen molar-refractivity contribution in [3.8, 4) is 11.5 Å². The lowest BCUT2D eigenvalue weighted by Gasteiger charge is -2.12. The third kappa shape index (κ3) is 3.43. The van der Waals surface area contributed by atoms with Crippen LogP contribution in [0.2, 0.25) is 0 Å². The summed E-state index contributed by atoms with van der Waals surface area (Å²) in [6.45, 7) is 2.01. The van der Waals surface area contributed by atoms with Crippen LogP contribution in [0.1, 0.15) is 58.8 Å². The Morgan fingerprint density at radius 2 is 1.93 bits per heavy atom. The lowest BCUT2D eigenvalue weighted by Crippen LogP contribution is -2.13. The van der Waals surface area contributed by atoms with Crippen LogP contribution in [0.3, 0.4) is 0 Å². The van der Waals surface area contributed by atoms with Crippen molar-refractivity contribution in [1.29, 1.82) is 0 Å². The Kier molecular flexibility index (Phi) is 5.24. The fourth-order valence-electron chi connectivity index (χ4n) is 4.12. The number of benzene rings is 2. The van der Waals surface area contributed by atoms with Crippen molar-refractivity contribution < 1.29 is 23.8 Å². The molecule has 2 unspecified atom stereocenters. The van der Waals surface area contributed by atoms with Gasteiger partial charge in [-0.25, -0.2) is 4.79 Å². The minimum atomic E-state index is -1.06. The van der Waals surface area contributed by atoms with Gasteiger partial charge < -0.3 is 19.0 Å². The zero-order valence-electron chi connectivity index (χ0n) is 17.2. The number of hydrogen-bond donors (Lipinski definition) is 1. The fraction of sp³-hybridized carbons (Fsp3) is 0.333. The van der Waals surface area contributed by atoms with E-state index in [0.29, 0.717) is 28.7 Å². The van der Waals surface area contributed by atoms with E-state index in [0.717, 1.165) is 29.9 Å². The summed E-state index contributed by atoms with van der Waals surface area (Å²) in [6.07, 6.45) is 2.25. The zero-order valence-corrected chi connectivity index (χ0v) is 17.2. The molecule has 4 rings (SSSR count). The molecule has 156 valence electrons. The van der Waals surface area contributed by atoms with E-state index in [-0.39, 0.29) is 22.8 Å². The van der Waals surface area contributed by atoms with E-state index in [1.807, 2.05) is 25.1 Å². The Hall–Kier alpha value is -3.28.